The average Bonchev–Trinajstić information content (AvgIpc) is 2.92. The summed E-state index contributed by atoms with van der Waals surface area (Å²) in [7, 11) is 0. The van der Waals surface area contributed by atoms with E-state index in [1.54, 1.807) is 13.0 Å². The zero-order valence-electron chi connectivity index (χ0n) is 12.5. The van der Waals surface area contributed by atoms with Crippen LogP contribution in [0.25, 0.3) is 0 Å². The minimum Gasteiger partial charge on any atom is -0.424 e. The van der Waals surface area contributed by atoms with Gasteiger partial charge in [-0.1, -0.05) is 12.1 Å². The van der Waals surface area contributed by atoms with Crippen LogP contribution in [0.4, 0.5) is 13.2 Å². The quantitative estimate of drug-likeness (QED) is 0.867. The van der Waals surface area contributed by atoms with Crippen LogP contribution in [0, 0.1) is 6.92 Å². The summed E-state index contributed by atoms with van der Waals surface area (Å²) < 4.78 is 49.4. The molecular formula is C15H16F3N3O2. The third-order valence-corrected chi connectivity index (χ3v) is 3.66. The van der Waals surface area contributed by atoms with Crippen LogP contribution in [-0.2, 0) is 17.5 Å². The van der Waals surface area contributed by atoms with Gasteiger partial charge in [-0.05, 0) is 17.7 Å². The molecule has 1 fully saturated rings. The molecule has 23 heavy (non-hydrogen) atoms. The molecule has 1 aliphatic rings. The maximum Gasteiger partial charge on any atom is 0.416 e. The van der Waals surface area contributed by atoms with Gasteiger partial charge in [0.05, 0.1) is 24.8 Å². The van der Waals surface area contributed by atoms with Gasteiger partial charge in [-0.3, -0.25) is 4.90 Å². The highest BCUT2D eigenvalue weighted by molar-refractivity contribution is 5.27. The van der Waals surface area contributed by atoms with Crippen LogP contribution in [0.15, 0.2) is 28.7 Å². The molecule has 0 saturated carbocycles. The summed E-state index contributed by atoms with van der Waals surface area (Å²) in [6.07, 6.45) is -4.76. The third-order valence-electron chi connectivity index (χ3n) is 3.66. The minimum atomic E-state index is -4.36. The first-order chi connectivity index (χ1) is 10.9. The number of benzene rings is 1. The zero-order chi connectivity index (χ0) is 16.4. The predicted molar refractivity (Wildman–Crippen MR) is 74.4 cm³/mol. The fraction of sp³-hybridized carbons (Fsp3) is 0.467. The number of hydrogen-bond donors (Lipinski definition) is 0. The average molecular weight is 327 g/mol. The van der Waals surface area contributed by atoms with Crippen LogP contribution in [0.3, 0.4) is 0 Å². The lowest BCUT2D eigenvalue weighted by atomic mass is 10.0. The van der Waals surface area contributed by atoms with Crippen molar-refractivity contribution in [3.8, 4) is 0 Å². The Kier molecular flexibility index (Phi) is 4.36. The molecule has 124 valence electrons. The Morgan fingerprint density at radius 2 is 2.13 bits per heavy atom. The van der Waals surface area contributed by atoms with Crippen molar-refractivity contribution < 1.29 is 22.3 Å². The molecule has 0 amide bonds. The molecule has 1 saturated heterocycles. The van der Waals surface area contributed by atoms with Crippen LogP contribution < -0.4 is 0 Å². The van der Waals surface area contributed by atoms with E-state index in [4.69, 9.17) is 9.15 Å². The first kappa shape index (κ1) is 15.9. The first-order valence-electron chi connectivity index (χ1n) is 7.22. The number of hydrogen-bond acceptors (Lipinski definition) is 5. The van der Waals surface area contributed by atoms with Crippen molar-refractivity contribution in [3.05, 3.63) is 47.2 Å². The monoisotopic (exact) mass is 327 g/mol. The lowest BCUT2D eigenvalue weighted by Crippen LogP contribution is -2.38. The standard InChI is InChI=1S/C15H16F3N3O2/c1-10-19-20-14(23-10)9-21-5-6-22-13(8-21)11-3-2-4-12(7-11)15(16,17)18/h2-4,7,13H,5-6,8-9H2,1H3/t13-/m0/s1. The van der Waals surface area contributed by atoms with Crippen molar-refractivity contribution in [2.24, 2.45) is 0 Å². The number of aryl methyl sites for hydroxylation is 1. The molecule has 2 heterocycles. The second-order valence-electron chi connectivity index (χ2n) is 5.43. The summed E-state index contributed by atoms with van der Waals surface area (Å²) in [5.41, 5.74) is -0.144. The molecule has 1 aliphatic heterocycles. The van der Waals surface area contributed by atoms with E-state index >= 15 is 0 Å². The molecule has 0 spiro atoms. The van der Waals surface area contributed by atoms with Gasteiger partial charge in [0.25, 0.3) is 0 Å². The Balaban J connectivity index is 1.71. The molecule has 0 N–H and O–H groups in total. The summed E-state index contributed by atoms with van der Waals surface area (Å²) in [5.74, 6) is 0.981. The third kappa shape index (κ3) is 3.89. The molecule has 1 atom stereocenters. The molecule has 0 aliphatic carbocycles. The second-order valence-corrected chi connectivity index (χ2v) is 5.43. The summed E-state index contributed by atoms with van der Waals surface area (Å²) in [6, 6.07) is 5.26. The Hall–Kier alpha value is -1.93. The highest BCUT2D eigenvalue weighted by Gasteiger charge is 2.32. The number of aromatic nitrogens is 2. The van der Waals surface area contributed by atoms with E-state index in [1.165, 1.54) is 6.07 Å². The Morgan fingerprint density at radius 3 is 2.83 bits per heavy atom. The van der Waals surface area contributed by atoms with Crippen molar-refractivity contribution >= 4 is 0 Å². The normalized spacial score (nSPS) is 19.9. The number of alkyl halides is 3. The number of rotatable bonds is 3. The summed E-state index contributed by atoms with van der Waals surface area (Å²) in [6.45, 7) is 3.74. The van der Waals surface area contributed by atoms with Crippen LogP contribution in [0.5, 0.6) is 0 Å². The zero-order valence-corrected chi connectivity index (χ0v) is 12.5. The molecule has 0 radical (unpaired) electrons. The highest BCUT2D eigenvalue weighted by atomic mass is 19.4. The van der Waals surface area contributed by atoms with Crippen molar-refractivity contribution in [1.29, 1.82) is 0 Å². The molecule has 1 aromatic heterocycles. The van der Waals surface area contributed by atoms with E-state index in [0.717, 1.165) is 12.1 Å². The van der Waals surface area contributed by atoms with E-state index in [9.17, 15) is 13.2 Å². The molecule has 8 heteroatoms. The maximum absolute atomic E-state index is 12.8. The molecule has 0 bridgehead atoms. The van der Waals surface area contributed by atoms with Crippen LogP contribution in [0.2, 0.25) is 0 Å². The largest absolute Gasteiger partial charge is 0.424 e. The van der Waals surface area contributed by atoms with Gasteiger partial charge in [0.2, 0.25) is 11.8 Å². The van der Waals surface area contributed by atoms with Crippen LogP contribution >= 0.6 is 0 Å². The molecule has 2 aromatic rings. The molecule has 1 aromatic carbocycles. The lowest BCUT2D eigenvalue weighted by Gasteiger charge is -2.32. The lowest BCUT2D eigenvalue weighted by molar-refractivity contribution is -0.137. The number of morpholine rings is 1. The Bertz CT molecular complexity index is 672. The van der Waals surface area contributed by atoms with Gasteiger partial charge in [-0.15, -0.1) is 10.2 Å². The topological polar surface area (TPSA) is 51.4 Å². The summed E-state index contributed by atoms with van der Waals surface area (Å²) >= 11 is 0. The minimum absolute atomic E-state index is 0.407. The van der Waals surface area contributed by atoms with Crippen molar-refractivity contribution in [2.45, 2.75) is 25.7 Å². The predicted octanol–water partition coefficient (Wildman–Crippen LogP) is 2.97. The van der Waals surface area contributed by atoms with Crippen molar-refractivity contribution in [1.82, 2.24) is 15.1 Å². The second kappa shape index (κ2) is 6.29. The SMILES string of the molecule is Cc1nnc(CN2CCO[C@H](c3cccc(C(F)(F)F)c3)C2)o1. The number of halogens is 3. The van der Waals surface area contributed by atoms with Gasteiger partial charge in [0.1, 0.15) is 0 Å². The maximum atomic E-state index is 12.8. The van der Waals surface area contributed by atoms with Gasteiger partial charge in [0, 0.05) is 20.0 Å². The van der Waals surface area contributed by atoms with E-state index in [-0.39, 0.29) is 0 Å². The van der Waals surface area contributed by atoms with Gasteiger partial charge in [-0.25, -0.2) is 0 Å². The summed E-state index contributed by atoms with van der Waals surface area (Å²) in [4.78, 5) is 2.03. The Morgan fingerprint density at radius 1 is 1.30 bits per heavy atom. The van der Waals surface area contributed by atoms with Gasteiger partial charge < -0.3 is 9.15 Å². The highest BCUT2D eigenvalue weighted by Crippen LogP contribution is 2.32. The van der Waals surface area contributed by atoms with Crippen molar-refractivity contribution in [2.75, 3.05) is 19.7 Å². The van der Waals surface area contributed by atoms with Gasteiger partial charge in [0.15, 0.2) is 0 Å². The number of ether oxygens (including phenoxy) is 1. The first-order valence-corrected chi connectivity index (χ1v) is 7.22. The van der Waals surface area contributed by atoms with Crippen LogP contribution in [-0.4, -0.2) is 34.8 Å². The summed E-state index contributed by atoms with van der Waals surface area (Å²) in [5, 5.41) is 7.70. The van der Waals surface area contributed by atoms with E-state index in [0.29, 0.717) is 43.6 Å². The van der Waals surface area contributed by atoms with Crippen molar-refractivity contribution in [3.63, 3.8) is 0 Å². The molecule has 0 unspecified atom stereocenters. The molecular weight excluding hydrogens is 311 g/mol. The number of nitrogens with zero attached hydrogens (tertiary/aromatic N) is 3. The van der Waals surface area contributed by atoms with E-state index in [1.807, 2.05) is 4.90 Å². The van der Waals surface area contributed by atoms with Gasteiger partial charge in [-0.2, -0.15) is 13.2 Å². The van der Waals surface area contributed by atoms with E-state index in [2.05, 4.69) is 10.2 Å². The van der Waals surface area contributed by atoms with Crippen LogP contribution in [0.1, 0.15) is 29.0 Å². The smallest absolute Gasteiger partial charge is 0.416 e. The molecule has 3 rings (SSSR count). The fourth-order valence-electron chi connectivity index (χ4n) is 2.56. The van der Waals surface area contributed by atoms with E-state index < -0.39 is 17.8 Å². The molecule has 5 nitrogen and oxygen atoms in total. The Labute approximate surface area is 131 Å². The fourth-order valence-corrected chi connectivity index (χ4v) is 2.56. The van der Waals surface area contributed by atoms with Gasteiger partial charge >= 0.3 is 6.18 Å².